The summed E-state index contributed by atoms with van der Waals surface area (Å²) in [4.78, 5) is 4.22. The van der Waals surface area contributed by atoms with Crippen molar-refractivity contribution >= 4 is 0 Å². The number of hydrogen-bond donors (Lipinski definition) is 1. The number of nitrogens with one attached hydrogen (secondary N) is 1. The highest BCUT2D eigenvalue weighted by Crippen LogP contribution is 2.55. The van der Waals surface area contributed by atoms with Crippen molar-refractivity contribution in [3.05, 3.63) is 11.7 Å². The molecule has 0 aromatic carbocycles. The summed E-state index contributed by atoms with van der Waals surface area (Å²) in [6, 6.07) is 0. The molecule has 0 spiro atoms. The Bertz CT molecular complexity index is 340. The minimum Gasteiger partial charge on any atom is -0.339 e. The third-order valence-electron chi connectivity index (χ3n) is 2.96. The summed E-state index contributed by atoms with van der Waals surface area (Å²) in [6.07, 6.45) is 1.17. The molecule has 0 amide bonds. The van der Waals surface area contributed by atoms with E-state index in [-0.39, 0.29) is 12.3 Å². The van der Waals surface area contributed by atoms with Gasteiger partial charge in [0.05, 0.1) is 5.41 Å². The maximum atomic E-state index is 7.10. The van der Waals surface area contributed by atoms with Gasteiger partial charge in [0.1, 0.15) is 0 Å². The van der Waals surface area contributed by atoms with E-state index >= 15 is 0 Å². The van der Waals surface area contributed by atoms with Crippen molar-refractivity contribution in [1.82, 2.24) is 15.5 Å². The molecule has 2 aliphatic rings. The first kappa shape index (κ1) is 5.70. The fraction of sp³-hybridized carbons (Fsp3) is 0.750. The first-order valence-electron chi connectivity index (χ1n) is 4.89. The lowest BCUT2D eigenvalue weighted by atomic mass is 10.1. The van der Waals surface area contributed by atoms with Gasteiger partial charge in [0, 0.05) is 7.92 Å². The van der Waals surface area contributed by atoms with E-state index in [1.165, 1.54) is 6.42 Å². The van der Waals surface area contributed by atoms with E-state index in [1.54, 1.807) is 0 Å². The Kier molecular flexibility index (Phi) is 0.892. The van der Waals surface area contributed by atoms with Crippen molar-refractivity contribution in [3.63, 3.8) is 0 Å². The summed E-state index contributed by atoms with van der Waals surface area (Å²) >= 11 is 0. The molecule has 4 nitrogen and oxygen atoms in total. The molecule has 12 heavy (non-hydrogen) atoms. The summed E-state index contributed by atoms with van der Waals surface area (Å²) in [5, 5.41) is 7.06. The van der Waals surface area contributed by atoms with Crippen LogP contribution in [0.1, 0.15) is 19.5 Å². The second kappa shape index (κ2) is 1.88. The highest BCUT2D eigenvalue weighted by atomic mass is 16.5. The number of piperidine rings is 1. The van der Waals surface area contributed by atoms with E-state index in [4.69, 9.17) is 5.89 Å². The monoisotopic (exact) mass is 166 g/mol. The van der Waals surface area contributed by atoms with Gasteiger partial charge in [-0.3, -0.25) is 0 Å². The molecule has 0 unspecified atom stereocenters. The smallest absolute Gasteiger partial charge is 0.234 e. The maximum absolute atomic E-state index is 7.10. The Morgan fingerprint density at radius 1 is 1.83 bits per heavy atom. The van der Waals surface area contributed by atoms with Crippen LogP contribution < -0.4 is 5.32 Å². The van der Waals surface area contributed by atoms with Crippen molar-refractivity contribution in [2.24, 2.45) is 5.92 Å². The third kappa shape index (κ3) is 0.659. The molecule has 1 saturated heterocycles. The van der Waals surface area contributed by atoms with Crippen LogP contribution in [0, 0.1) is 12.8 Å². The molecule has 0 radical (unpaired) electrons. The van der Waals surface area contributed by atoms with Gasteiger partial charge in [0.15, 0.2) is 5.82 Å². The van der Waals surface area contributed by atoms with Crippen LogP contribution in [0.2, 0.25) is 0 Å². The average Bonchev–Trinajstić information content (AvgIpc) is 2.60. The molecule has 1 aromatic rings. The Labute approximate surface area is 71.7 Å². The van der Waals surface area contributed by atoms with Crippen LogP contribution >= 0.6 is 0 Å². The van der Waals surface area contributed by atoms with Crippen LogP contribution in [0.4, 0.5) is 0 Å². The van der Waals surface area contributed by atoms with E-state index in [0.717, 1.165) is 19.0 Å². The first-order chi connectivity index (χ1) is 6.35. The van der Waals surface area contributed by atoms with Gasteiger partial charge in [-0.05, 0) is 25.8 Å². The highest BCUT2D eigenvalue weighted by molar-refractivity contribution is 5.25. The standard InChI is InChI=1S/C8H11N3O/c1-5-10-7(12-11-5)8-2-6(8)3-9-4-8/h6,9H,2-4H2,1H3/t6-,8+/m1/s1/i1D. The van der Waals surface area contributed by atoms with Gasteiger partial charge in [-0.2, -0.15) is 4.98 Å². The molecule has 2 atom stereocenters. The summed E-state index contributed by atoms with van der Waals surface area (Å²) in [5.41, 5.74) is 0.139. The SMILES string of the molecule is [2H]Cc1noc([C@@]23CNC[C@H]2C3)n1. The lowest BCUT2D eigenvalue weighted by Crippen LogP contribution is -2.19. The minimum atomic E-state index is 0.109. The van der Waals surface area contributed by atoms with E-state index in [9.17, 15) is 0 Å². The van der Waals surface area contributed by atoms with Crippen LogP contribution in [0.3, 0.4) is 0 Å². The molecule has 4 heteroatoms. The number of nitrogens with zero attached hydrogens (tertiary/aromatic N) is 2. The number of fused-ring (bicyclic) bond motifs is 1. The fourth-order valence-corrected chi connectivity index (χ4v) is 2.13. The molecule has 2 heterocycles. The molecule has 1 N–H and O–H groups in total. The lowest BCUT2D eigenvalue weighted by molar-refractivity contribution is 0.343. The topological polar surface area (TPSA) is 51.0 Å². The Hall–Kier alpha value is -0.900. The van der Waals surface area contributed by atoms with Crippen LogP contribution in [-0.4, -0.2) is 23.2 Å². The number of hydrogen-bond acceptors (Lipinski definition) is 4. The number of aromatic nitrogens is 2. The van der Waals surface area contributed by atoms with Gasteiger partial charge in [-0.1, -0.05) is 5.16 Å². The summed E-state index contributed by atoms with van der Waals surface area (Å²) in [7, 11) is 0. The van der Waals surface area contributed by atoms with Gasteiger partial charge in [-0.25, -0.2) is 0 Å². The molecule has 1 saturated carbocycles. The molecule has 0 bridgehead atoms. The van der Waals surface area contributed by atoms with Crippen molar-refractivity contribution in [3.8, 4) is 0 Å². The summed E-state index contributed by atoms with van der Waals surface area (Å²) in [6.45, 7) is 2.13. The van der Waals surface area contributed by atoms with Crippen LogP contribution in [-0.2, 0) is 5.41 Å². The minimum absolute atomic E-state index is 0.109. The Morgan fingerprint density at radius 2 is 2.83 bits per heavy atom. The first-order valence-corrected chi connectivity index (χ1v) is 4.18. The molecule has 64 valence electrons. The fourth-order valence-electron chi connectivity index (χ4n) is 2.13. The van der Waals surface area contributed by atoms with E-state index in [1.807, 2.05) is 0 Å². The predicted octanol–water partition coefficient (Wildman–Crippen LogP) is 0.239. The van der Waals surface area contributed by atoms with Crippen molar-refractivity contribution in [1.29, 1.82) is 0 Å². The highest BCUT2D eigenvalue weighted by Gasteiger charge is 2.62. The van der Waals surface area contributed by atoms with Gasteiger partial charge in [0.2, 0.25) is 5.89 Å². The van der Waals surface area contributed by atoms with Gasteiger partial charge in [0.25, 0.3) is 0 Å². The van der Waals surface area contributed by atoms with E-state index in [0.29, 0.717) is 11.7 Å². The molecule has 1 aliphatic heterocycles. The van der Waals surface area contributed by atoms with Gasteiger partial charge < -0.3 is 9.84 Å². The van der Waals surface area contributed by atoms with Crippen LogP contribution in [0.5, 0.6) is 0 Å². The molecule has 1 aromatic heterocycles. The molecule has 1 aliphatic carbocycles. The number of rotatable bonds is 1. The van der Waals surface area contributed by atoms with Crippen molar-refractivity contribution in [2.75, 3.05) is 13.1 Å². The van der Waals surface area contributed by atoms with Crippen molar-refractivity contribution in [2.45, 2.75) is 18.7 Å². The lowest BCUT2D eigenvalue weighted by Gasteiger charge is -2.02. The van der Waals surface area contributed by atoms with Crippen molar-refractivity contribution < 1.29 is 5.89 Å². The summed E-state index contributed by atoms with van der Waals surface area (Å²) < 4.78 is 12.3. The molecular formula is C8H11N3O. The Morgan fingerprint density at radius 3 is 3.42 bits per heavy atom. The van der Waals surface area contributed by atoms with Crippen LogP contribution in [0.25, 0.3) is 0 Å². The summed E-state index contributed by atoms with van der Waals surface area (Å²) in [5.74, 6) is 1.93. The second-order valence-corrected chi connectivity index (χ2v) is 3.70. The zero-order chi connectivity index (χ0) is 8.89. The Balaban J connectivity index is 1.92. The molecule has 3 rings (SSSR count). The van der Waals surface area contributed by atoms with E-state index < -0.39 is 0 Å². The van der Waals surface area contributed by atoms with Gasteiger partial charge in [-0.15, -0.1) is 0 Å². The molecule has 2 fully saturated rings. The molecular weight excluding hydrogens is 154 g/mol. The zero-order valence-corrected chi connectivity index (χ0v) is 6.71. The predicted molar refractivity (Wildman–Crippen MR) is 41.7 cm³/mol. The zero-order valence-electron chi connectivity index (χ0n) is 7.71. The van der Waals surface area contributed by atoms with E-state index in [2.05, 4.69) is 15.5 Å². The maximum Gasteiger partial charge on any atom is 0.234 e. The average molecular weight is 166 g/mol. The van der Waals surface area contributed by atoms with Gasteiger partial charge >= 0.3 is 0 Å². The normalized spacial score (nSPS) is 39.3. The number of aryl methyl sites for hydroxylation is 1. The van der Waals surface area contributed by atoms with Crippen LogP contribution in [0.15, 0.2) is 4.52 Å². The third-order valence-corrected chi connectivity index (χ3v) is 2.96. The quantitative estimate of drug-likeness (QED) is 0.649. The second-order valence-electron chi connectivity index (χ2n) is 3.70. The largest absolute Gasteiger partial charge is 0.339 e.